The Hall–Kier alpha value is -4.17. The summed E-state index contributed by atoms with van der Waals surface area (Å²) in [6.45, 7) is 1.40. The van der Waals surface area contributed by atoms with Gasteiger partial charge in [-0.1, -0.05) is 6.07 Å². The number of methoxy groups -OCH3 is 1. The number of furan rings is 1. The summed E-state index contributed by atoms with van der Waals surface area (Å²) in [4.78, 5) is 50.5. The van der Waals surface area contributed by atoms with Gasteiger partial charge in [0.05, 0.1) is 24.7 Å². The lowest BCUT2D eigenvalue weighted by molar-refractivity contribution is -0.123. The molecule has 0 radical (unpaired) electrons. The van der Waals surface area contributed by atoms with Gasteiger partial charge in [0.15, 0.2) is 18.1 Å². The van der Waals surface area contributed by atoms with E-state index in [1.54, 1.807) is 19.1 Å². The molecule has 4 rings (SSSR count). The average molecular weight is 695 g/mol. The highest BCUT2D eigenvalue weighted by molar-refractivity contribution is 9.13. The number of esters is 1. The second-order valence-corrected chi connectivity index (χ2v) is 9.92. The molecule has 3 aromatic rings. The average Bonchev–Trinajstić information content (AvgIpc) is 3.51. The summed E-state index contributed by atoms with van der Waals surface area (Å²) in [5.41, 5.74) is 0.709. The van der Waals surface area contributed by atoms with Crippen LogP contribution in [0.15, 0.2) is 61.5 Å². The van der Waals surface area contributed by atoms with Gasteiger partial charge in [0.2, 0.25) is 5.76 Å². The highest BCUT2D eigenvalue weighted by Crippen LogP contribution is 2.43. The third kappa shape index (κ3) is 6.95. The molecular formula is C27H22Br2FN3O8. The largest absolute Gasteiger partial charge is 0.490 e. The van der Waals surface area contributed by atoms with Gasteiger partial charge in [-0.25, -0.2) is 14.0 Å². The number of imide groups is 1. The molecule has 0 saturated carbocycles. The van der Waals surface area contributed by atoms with E-state index >= 15 is 0 Å². The first-order valence-electron chi connectivity index (χ1n) is 12.0. The Kier molecular flexibility index (Phi) is 9.45. The van der Waals surface area contributed by atoms with Gasteiger partial charge in [-0.05, 0) is 86.8 Å². The first-order chi connectivity index (χ1) is 19.6. The number of carbonyl (C=O) groups excluding carboxylic acids is 4. The van der Waals surface area contributed by atoms with Crippen molar-refractivity contribution in [2.45, 2.75) is 13.5 Å². The maximum atomic E-state index is 13.4. The summed E-state index contributed by atoms with van der Waals surface area (Å²) in [5, 5.41) is 5.07. The zero-order valence-corrected chi connectivity index (χ0v) is 24.8. The molecule has 41 heavy (non-hydrogen) atoms. The van der Waals surface area contributed by atoms with Crippen LogP contribution in [-0.2, 0) is 20.9 Å². The fourth-order valence-electron chi connectivity index (χ4n) is 3.71. The normalized spacial score (nSPS) is 13.8. The van der Waals surface area contributed by atoms with Crippen LogP contribution in [0.5, 0.6) is 11.5 Å². The van der Waals surface area contributed by atoms with E-state index in [9.17, 15) is 23.6 Å². The Balaban J connectivity index is 1.52. The van der Waals surface area contributed by atoms with E-state index in [0.717, 1.165) is 4.90 Å². The van der Waals surface area contributed by atoms with Gasteiger partial charge in [-0.3, -0.25) is 14.5 Å². The quantitative estimate of drug-likeness (QED) is 0.167. The van der Waals surface area contributed by atoms with Gasteiger partial charge in [0, 0.05) is 10.2 Å². The molecule has 0 aliphatic carbocycles. The predicted molar refractivity (Wildman–Crippen MR) is 151 cm³/mol. The molecule has 1 saturated heterocycles. The first-order valence-corrected chi connectivity index (χ1v) is 13.5. The van der Waals surface area contributed by atoms with Gasteiger partial charge in [0.1, 0.15) is 17.3 Å². The summed E-state index contributed by atoms with van der Waals surface area (Å²) in [6, 6.07) is 9.19. The molecule has 1 aromatic heterocycles. The van der Waals surface area contributed by atoms with E-state index in [1.807, 2.05) is 0 Å². The van der Waals surface area contributed by atoms with E-state index in [4.69, 9.17) is 13.9 Å². The lowest BCUT2D eigenvalue weighted by Gasteiger charge is -2.16. The van der Waals surface area contributed by atoms with Crippen LogP contribution in [0.2, 0.25) is 0 Å². The van der Waals surface area contributed by atoms with Crippen molar-refractivity contribution in [2.75, 3.05) is 25.6 Å². The van der Waals surface area contributed by atoms with E-state index in [0.29, 0.717) is 14.5 Å². The van der Waals surface area contributed by atoms with Crippen molar-refractivity contribution in [3.63, 3.8) is 0 Å². The maximum Gasteiger partial charge on any atom is 0.373 e. The number of benzene rings is 2. The molecule has 0 atom stereocenters. The molecule has 0 unspecified atom stereocenters. The molecule has 2 N–H and O–H groups in total. The number of hydrogen-bond acceptors (Lipinski definition) is 8. The van der Waals surface area contributed by atoms with Crippen LogP contribution < -0.4 is 20.1 Å². The molecule has 1 aliphatic heterocycles. The lowest BCUT2D eigenvalue weighted by Crippen LogP contribution is -2.30. The predicted octanol–water partition coefficient (Wildman–Crippen LogP) is 5.24. The van der Waals surface area contributed by atoms with Gasteiger partial charge < -0.3 is 29.3 Å². The van der Waals surface area contributed by atoms with Crippen LogP contribution in [0, 0.1) is 5.82 Å². The molecule has 0 bridgehead atoms. The zero-order chi connectivity index (χ0) is 29.7. The first kappa shape index (κ1) is 29.8. The van der Waals surface area contributed by atoms with Gasteiger partial charge in [-0.15, -0.1) is 0 Å². The second kappa shape index (κ2) is 13.0. The lowest BCUT2D eigenvalue weighted by atomic mass is 10.1. The number of urea groups is 1. The van der Waals surface area contributed by atoms with Crippen molar-refractivity contribution < 1.29 is 42.2 Å². The number of rotatable bonds is 10. The number of nitrogens with one attached hydrogen (secondary N) is 2. The molecule has 2 heterocycles. The van der Waals surface area contributed by atoms with Crippen molar-refractivity contribution >= 4 is 67.4 Å². The van der Waals surface area contributed by atoms with Crippen molar-refractivity contribution in [1.82, 2.24) is 10.2 Å². The molecule has 14 heteroatoms. The second-order valence-electron chi connectivity index (χ2n) is 8.34. The number of hydrogen-bond donors (Lipinski definition) is 2. The van der Waals surface area contributed by atoms with Crippen molar-refractivity contribution in [3.8, 4) is 11.5 Å². The Morgan fingerprint density at radius 1 is 1.12 bits per heavy atom. The molecule has 2 aromatic carbocycles. The van der Waals surface area contributed by atoms with E-state index in [2.05, 4.69) is 47.2 Å². The molecule has 1 aliphatic rings. The molecule has 4 amide bonds. The minimum Gasteiger partial charge on any atom is -0.490 e. The van der Waals surface area contributed by atoms with E-state index in [1.165, 1.54) is 43.5 Å². The smallest absolute Gasteiger partial charge is 0.373 e. The molecule has 214 valence electrons. The van der Waals surface area contributed by atoms with Crippen LogP contribution in [0.25, 0.3) is 6.08 Å². The third-order valence-corrected chi connectivity index (χ3v) is 7.68. The number of ether oxygens (including phenoxy) is 3. The number of amides is 4. The van der Waals surface area contributed by atoms with Crippen LogP contribution >= 0.6 is 31.9 Å². The summed E-state index contributed by atoms with van der Waals surface area (Å²) >= 11 is 6.89. The summed E-state index contributed by atoms with van der Waals surface area (Å²) in [7, 11) is 1.21. The standard InChI is InChI=1S/C27H22Br2FN3O8/c1-3-39-20-10-14(22(28)23(29)24(20)40-13-21(34)31-16-6-4-5-15(30)11-16)9-18-25(35)33(27(37)32-18)12-17-7-8-19(41-17)26(36)38-2/h4-11H,3,12-13H2,1-2H3,(H,31,34)(H,32,37)/b18-9-. The van der Waals surface area contributed by atoms with Gasteiger partial charge in [0.25, 0.3) is 11.8 Å². The molecule has 11 nitrogen and oxygen atoms in total. The van der Waals surface area contributed by atoms with Crippen LogP contribution in [0.1, 0.15) is 28.8 Å². The molecule has 0 spiro atoms. The number of carbonyl (C=O) groups is 4. The third-order valence-electron chi connectivity index (χ3n) is 5.54. The van der Waals surface area contributed by atoms with Crippen molar-refractivity contribution in [2.24, 2.45) is 0 Å². The van der Waals surface area contributed by atoms with E-state index < -0.39 is 36.2 Å². The highest BCUT2D eigenvalue weighted by Gasteiger charge is 2.35. The van der Waals surface area contributed by atoms with E-state index in [-0.39, 0.29) is 47.6 Å². The summed E-state index contributed by atoms with van der Waals surface area (Å²) in [6.07, 6.45) is 1.44. The Labute approximate surface area is 249 Å². The van der Waals surface area contributed by atoms with Crippen LogP contribution in [-0.4, -0.2) is 49.0 Å². The van der Waals surface area contributed by atoms with Gasteiger partial charge in [-0.2, -0.15) is 0 Å². The number of anilines is 1. The monoisotopic (exact) mass is 693 g/mol. The molecule has 1 fully saturated rings. The highest BCUT2D eigenvalue weighted by atomic mass is 79.9. The zero-order valence-electron chi connectivity index (χ0n) is 21.6. The number of nitrogens with zero attached hydrogens (tertiary/aromatic N) is 1. The van der Waals surface area contributed by atoms with Crippen LogP contribution in [0.4, 0.5) is 14.9 Å². The Morgan fingerprint density at radius 2 is 1.90 bits per heavy atom. The van der Waals surface area contributed by atoms with Gasteiger partial charge >= 0.3 is 12.0 Å². The fourth-order valence-corrected chi connectivity index (χ4v) is 4.66. The fraction of sp³-hybridized carbons (Fsp3) is 0.185. The summed E-state index contributed by atoms with van der Waals surface area (Å²) in [5.74, 6) is -1.72. The maximum absolute atomic E-state index is 13.4. The summed E-state index contributed by atoms with van der Waals surface area (Å²) < 4.78 is 35.6. The SMILES string of the molecule is CCOc1cc(/C=C2\NC(=O)N(Cc3ccc(C(=O)OC)o3)C2=O)c(Br)c(Br)c1OCC(=O)Nc1cccc(F)c1. The molecular weight excluding hydrogens is 673 g/mol. The minimum absolute atomic E-state index is 0.0204. The Morgan fingerprint density at radius 3 is 2.61 bits per heavy atom. The van der Waals surface area contributed by atoms with Crippen molar-refractivity contribution in [1.29, 1.82) is 0 Å². The minimum atomic E-state index is -0.686. The van der Waals surface area contributed by atoms with Crippen LogP contribution in [0.3, 0.4) is 0 Å². The number of halogens is 3. The van der Waals surface area contributed by atoms with Crippen molar-refractivity contribution in [3.05, 3.63) is 80.0 Å². The topological polar surface area (TPSA) is 136 Å². The Bertz CT molecular complexity index is 1560.